The van der Waals surface area contributed by atoms with Gasteiger partial charge < -0.3 is 10.1 Å². The number of carbonyl (C=O) groups is 2. The first kappa shape index (κ1) is 15.5. The number of esters is 1. The maximum atomic E-state index is 11.7. The average molecular weight is 285 g/mol. The lowest BCUT2D eigenvalue weighted by Crippen LogP contribution is -2.30. The Bertz CT molecular complexity index is 451. The lowest BCUT2D eigenvalue weighted by Gasteiger charge is -2.14. The lowest BCUT2D eigenvalue weighted by atomic mass is 10.3. The van der Waals surface area contributed by atoms with E-state index in [-0.39, 0.29) is 24.8 Å². The molecule has 0 heterocycles. The van der Waals surface area contributed by atoms with Crippen LogP contribution < -0.4 is 5.32 Å². The van der Waals surface area contributed by atoms with Gasteiger partial charge in [0.25, 0.3) is 0 Å². The smallest absolute Gasteiger partial charge is 0.319 e. The van der Waals surface area contributed by atoms with Crippen molar-refractivity contribution in [1.29, 1.82) is 0 Å². The average Bonchev–Trinajstić information content (AvgIpc) is 2.39. The van der Waals surface area contributed by atoms with E-state index >= 15 is 0 Å². The number of para-hydroxylation sites is 1. The predicted molar refractivity (Wildman–Crippen MR) is 74.2 cm³/mol. The third-order valence-corrected chi connectivity index (χ3v) is 2.82. The number of carbonyl (C=O) groups excluding carboxylic acids is 2. The van der Waals surface area contributed by atoms with E-state index in [0.29, 0.717) is 17.3 Å². The number of amides is 1. The molecular weight excluding hydrogens is 268 g/mol. The fraction of sp³-hybridized carbons (Fsp3) is 0.385. The number of halogens is 1. The molecule has 104 valence electrons. The van der Waals surface area contributed by atoms with Gasteiger partial charge in [-0.3, -0.25) is 14.5 Å². The van der Waals surface area contributed by atoms with Gasteiger partial charge in [0.15, 0.2) is 0 Å². The highest BCUT2D eigenvalue weighted by Crippen LogP contribution is 2.20. The van der Waals surface area contributed by atoms with E-state index in [4.69, 9.17) is 11.6 Å². The van der Waals surface area contributed by atoms with E-state index in [9.17, 15) is 9.59 Å². The summed E-state index contributed by atoms with van der Waals surface area (Å²) in [7, 11) is 3.08. The SMILES string of the molecule is COC(=O)CN(C)CCC(=O)Nc1ccccc1Cl. The summed E-state index contributed by atoms with van der Waals surface area (Å²) < 4.78 is 4.54. The van der Waals surface area contributed by atoms with Gasteiger partial charge in [-0.1, -0.05) is 23.7 Å². The Balaban J connectivity index is 2.36. The quantitative estimate of drug-likeness (QED) is 0.809. The highest BCUT2D eigenvalue weighted by molar-refractivity contribution is 6.33. The van der Waals surface area contributed by atoms with Crippen molar-refractivity contribution in [3.8, 4) is 0 Å². The molecule has 0 aliphatic carbocycles. The van der Waals surface area contributed by atoms with E-state index < -0.39 is 0 Å². The van der Waals surface area contributed by atoms with E-state index in [1.54, 1.807) is 36.2 Å². The molecule has 1 N–H and O–H groups in total. The molecule has 0 radical (unpaired) electrons. The molecule has 0 saturated heterocycles. The molecular formula is C13H17ClN2O3. The number of benzene rings is 1. The maximum absolute atomic E-state index is 11.7. The van der Waals surface area contributed by atoms with Crippen LogP contribution in [0.15, 0.2) is 24.3 Å². The van der Waals surface area contributed by atoms with Crippen LogP contribution in [0.5, 0.6) is 0 Å². The minimum absolute atomic E-state index is 0.148. The van der Waals surface area contributed by atoms with Gasteiger partial charge in [0.05, 0.1) is 24.4 Å². The van der Waals surface area contributed by atoms with Crippen LogP contribution in [0.3, 0.4) is 0 Å². The molecule has 19 heavy (non-hydrogen) atoms. The zero-order valence-corrected chi connectivity index (χ0v) is 11.7. The Morgan fingerprint density at radius 3 is 2.68 bits per heavy atom. The van der Waals surface area contributed by atoms with Crippen molar-refractivity contribution in [3.63, 3.8) is 0 Å². The van der Waals surface area contributed by atoms with E-state index in [0.717, 1.165) is 0 Å². The van der Waals surface area contributed by atoms with Crippen LogP contribution in [0.2, 0.25) is 5.02 Å². The van der Waals surface area contributed by atoms with Gasteiger partial charge in [0, 0.05) is 13.0 Å². The molecule has 5 nitrogen and oxygen atoms in total. The van der Waals surface area contributed by atoms with Crippen LogP contribution in [-0.2, 0) is 14.3 Å². The van der Waals surface area contributed by atoms with Crippen molar-refractivity contribution in [2.45, 2.75) is 6.42 Å². The Labute approximate surface area is 117 Å². The minimum Gasteiger partial charge on any atom is -0.468 e. The second kappa shape index (κ2) is 7.76. The van der Waals surface area contributed by atoms with E-state index in [1.807, 2.05) is 0 Å². The first-order valence-corrected chi connectivity index (χ1v) is 6.20. The molecule has 0 aromatic heterocycles. The molecule has 6 heteroatoms. The number of rotatable bonds is 6. The third kappa shape index (κ3) is 5.72. The van der Waals surface area contributed by atoms with E-state index in [2.05, 4.69) is 10.1 Å². The first-order chi connectivity index (χ1) is 9.02. The number of likely N-dealkylation sites (N-methyl/N-ethyl adjacent to an activating group) is 1. The topological polar surface area (TPSA) is 58.6 Å². The zero-order valence-electron chi connectivity index (χ0n) is 11.0. The Morgan fingerprint density at radius 1 is 1.37 bits per heavy atom. The van der Waals surface area contributed by atoms with Gasteiger partial charge in [0.1, 0.15) is 0 Å². The zero-order chi connectivity index (χ0) is 14.3. The van der Waals surface area contributed by atoms with Crippen molar-refractivity contribution in [2.75, 3.05) is 32.6 Å². The maximum Gasteiger partial charge on any atom is 0.319 e. The number of anilines is 1. The number of hydrogen-bond donors (Lipinski definition) is 1. The van der Waals surface area contributed by atoms with Crippen LogP contribution in [0, 0.1) is 0 Å². The third-order valence-electron chi connectivity index (χ3n) is 2.50. The van der Waals surface area contributed by atoms with Crippen LogP contribution in [0.25, 0.3) is 0 Å². The summed E-state index contributed by atoms with van der Waals surface area (Å²) in [5.74, 6) is -0.473. The molecule has 0 fully saturated rings. The second-order valence-electron chi connectivity index (χ2n) is 4.09. The van der Waals surface area contributed by atoms with Gasteiger partial charge in [0.2, 0.25) is 5.91 Å². The molecule has 0 saturated carbocycles. The molecule has 0 bridgehead atoms. The van der Waals surface area contributed by atoms with Crippen LogP contribution in [-0.4, -0.2) is 44.0 Å². The summed E-state index contributed by atoms with van der Waals surface area (Å²) in [6.07, 6.45) is 0.277. The van der Waals surface area contributed by atoms with E-state index in [1.165, 1.54) is 7.11 Å². The normalized spacial score (nSPS) is 10.3. The fourth-order valence-corrected chi connectivity index (χ4v) is 1.61. The molecule has 0 unspecified atom stereocenters. The summed E-state index contributed by atoms with van der Waals surface area (Å²) in [5, 5.41) is 3.22. The van der Waals surface area contributed by atoms with Crippen molar-refractivity contribution in [1.82, 2.24) is 4.90 Å². The monoisotopic (exact) mass is 284 g/mol. The molecule has 0 atom stereocenters. The van der Waals surface area contributed by atoms with Crippen molar-refractivity contribution < 1.29 is 14.3 Å². The molecule has 0 aliphatic rings. The van der Waals surface area contributed by atoms with Crippen LogP contribution >= 0.6 is 11.6 Å². The minimum atomic E-state index is -0.325. The standard InChI is InChI=1S/C13H17ClN2O3/c1-16(9-13(18)19-2)8-7-12(17)15-11-6-4-3-5-10(11)14/h3-6H,7-9H2,1-2H3,(H,15,17). The summed E-state index contributed by atoms with van der Waals surface area (Å²) in [4.78, 5) is 24.5. The van der Waals surface area contributed by atoms with Crippen LogP contribution in [0.1, 0.15) is 6.42 Å². The second-order valence-corrected chi connectivity index (χ2v) is 4.50. The van der Waals surface area contributed by atoms with Crippen molar-refractivity contribution in [3.05, 3.63) is 29.3 Å². The number of methoxy groups -OCH3 is 1. The van der Waals surface area contributed by atoms with Crippen LogP contribution in [0.4, 0.5) is 5.69 Å². The van der Waals surface area contributed by atoms with Crippen molar-refractivity contribution in [2.24, 2.45) is 0 Å². The number of nitrogens with zero attached hydrogens (tertiary/aromatic N) is 1. The highest BCUT2D eigenvalue weighted by atomic mass is 35.5. The van der Waals surface area contributed by atoms with Crippen molar-refractivity contribution >= 4 is 29.2 Å². The molecule has 1 amide bonds. The highest BCUT2D eigenvalue weighted by Gasteiger charge is 2.09. The summed E-state index contributed by atoms with van der Waals surface area (Å²) in [5.41, 5.74) is 0.588. The Kier molecular flexibility index (Phi) is 6.32. The van der Waals surface area contributed by atoms with Gasteiger partial charge in [-0.2, -0.15) is 0 Å². The molecule has 0 spiro atoms. The molecule has 1 rings (SSSR count). The summed E-state index contributed by atoms with van der Waals surface area (Å²) in [6.45, 7) is 0.626. The lowest BCUT2D eigenvalue weighted by molar-refractivity contribution is -0.141. The largest absolute Gasteiger partial charge is 0.468 e. The predicted octanol–water partition coefficient (Wildman–Crippen LogP) is 1.77. The molecule has 1 aromatic carbocycles. The first-order valence-electron chi connectivity index (χ1n) is 5.82. The summed E-state index contributed by atoms with van der Waals surface area (Å²) in [6, 6.07) is 7.03. The summed E-state index contributed by atoms with van der Waals surface area (Å²) >= 11 is 5.93. The Hall–Kier alpha value is -1.59. The number of nitrogens with one attached hydrogen (secondary N) is 1. The Morgan fingerprint density at radius 2 is 2.05 bits per heavy atom. The fourth-order valence-electron chi connectivity index (χ4n) is 1.43. The van der Waals surface area contributed by atoms with Gasteiger partial charge in [-0.25, -0.2) is 0 Å². The number of ether oxygens (including phenoxy) is 1. The molecule has 0 aliphatic heterocycles. The molecule has 1 aromatic rings. The van der Waals surface area contributed by atoms with Gasteiger partial charge in [-0.15, -0.1) is 0 Å². The van der Waals surface area contributed by atoms with Gasteiger partial charge >= 0.3 is 5.97 Å². The number of hydrogen-bond acceptors (Lipinski definition) is 4. The van der Waals surface area contributed by atoms with Gasteiger partial charge in [-0.05, 0) is 19.2 Å².